The minimum Gasteiger partial charge on any atom is -0.497 e. The minimum atomic E-state index is -0.459. The van der Waals surface area contributed by atoms with Crippen LogP contribution < -0.4 is 15.2 Å². The molecule has 0 fully saturated rings. The lowest BCUT2D eigenvalue weighted by atomic mass is 10.1. The van der Waals surface area contributed by atoms with Gasteiger partial charge in [0.1, 0.15) is 22.9 Å². The van der Waals surface area contributed by atoms with Gasteiger partial charge in [0, 0.05) is 5.56 Å². The summed E-state index contributed by atoms with van der Waals surface area (Å²) in [7, 11) is 3.16. The van der Waals surface area contributed by atoms with Crippen LogP contribution in [0, 0.1) is 0 Å². The van der Waals surface area contributed by atoms with Crippen LogP contribution in [0.25, 0.3) is 11.3 Å². The van der Waals surface area contributed by atoms with E-state index in [2.05, 4.69) is 4.98 Å². The summed E-state index contributed by atoms with van der Waals surface area (Å²) < 4.78 is 15.5. The fourth-order valence-corrected chi connectivity index (χ4v) is 2.02. The van der Waals surface area contributed by atoms with Gasteiger partial charge in [0.25, 0.3) is 0 Å². The van der Waals surface area contributed by atoms with Crippen LogP contribution in [0.5, 0.6) is 11.5 Å². The Morgan fingerprint density at radius 2 is 2.00 bits per heavy atom. The van der Waals surface area contributed by atoms with E-state index in [1.165, 1.54) is 0 Å². The van der Waals surface area contributed by atoms with Crippen molar-refractivity contribution in [2.24, 2.45) is 0 Å². The van der Waals surface area contributed by atoms with E-state index in [1.807, 2.05) is 0 Å². The second-order valence-corrected chi connectivity index (χ2v) is 4.30. The molecule has 21 heavy (non-hydrogen) atoms. The number of rotatable bonds is 5. The Bertz CT molecular complexity index is 649. The number of carbonyl (C=O) groups excluding carboxylic acids is 1. The maximum Gasteiger partial charge on any atom is 0.341 e. The predicted molar refractivity (Wildman–Crippen MR) is 79.7 cm³/mol. The number of ether oxygens (including phenoxy) is 3. The molecule has 1 aromatic heterocycles. The molecule has 0 atom stereocenters. The fraction of sp³-hybridized carbons (Fsp3) is 0.267. The zero-order valence-electron chi connectivity index (χ0n) is 12.2. The number of aromatic amines is 1. The standard InChI is InChI=1S/C15H18N2O4/c1-4-21-15(18)11-8-12(17-14(11)16)10-7-9(19-2)5-6-13(10)20-3/h5-8,17H,4,16H2,1-3H3. The molecule has 0 amide bonds. The highest BCUT2D eigenvalue weighted by atomic mass is 16.5. The van der Waals surface area contributed by atoms with Crippen LogP contribution in [0.2, 0.25) is 0 Å². The highest BCUT2D eigenvalue weighted by molar-refractivity contribution is 5.96. The summed E-state index contributed by atoms with van der Waals surface area (Å²) >= 11 is 0. The van der Waals surface area contributed by atoms with Crippen LogP contribution in [-0.2, 0) is 4.74 Å². The molecule has 6 heteroatoms. The van der Waals surface area contributed by atoms with Gasteiger partial charge >= 0.3 is 5.97 Å². The van der Waals surface area contributed by atoms with E-state index in [-0.39, 0.29) is 5.82 Å². The molecule has 0 bridgehead atoms. The van der Waals surface area contributed by atoms with Crippen molar-refractivity contribution in [3.05, 3.63) is 29.8 Å². The molecule has 1 aromatic carbocycles. The fourth-order valence-electron chi connectivity index (χ4n) is 2.02. The summed E-state index contributed by atoms with van der Waals surface area (Å²) in [6.07, 6.45) is 0. The number of hydrogen-bond donors (Lipinski definition) is 2. The van der Waals surface area contributed by atoms with Gasteiger partial charge in [0.15, 0.2) is 0 Å². The van der Waals surface area contributed by atoms with Gasteiger partial charge in [-0.2, -0.15) is 0 Å². The van der Waals surface area contributed by atoms with Crippen LogP contribution in [0.1, 0.15) is 17.3 Å². The highest BCUT2D eigenvalue weighted by Crippen LogP contribution is 2.34. The summed E-state index contributed by atoms with van der Waals surface area (Å²) in [4.78, 5) is 14.8. The number of H-pyrrole nitrogens is 1. The molecule has 0 aliphatic heterocycles. The van der Waals surface area contributed by atoms with E-state index in [0.29, 0.717) is 29.4 Å². The Morgan fingerprint density at radius 3 is 2.62 bits per heavy atom. The van der Waals surface area contributed by atoms with E-state index in [9.17, 15) is 4.79 Å². The van der Waals surface area contributed by atoms with Crippen LogP contribution in [0.15, 0.2) is 24.3 Å². The lowest BCUT2D eigenvalue weighted by Crippen LogP contribution is -2.05. The molecule has 0 aliphatic rings. The zero-order valence-corrected chi connectivity index (χ0v) is 12.2. The minimum absolute atomic E-state index is 0.258. The molecule has 6 nitrogen and oxygen atoms in total. The average Bonchev–Trinajstić information content (AvgIpc) is 2.88. The van der Waals surface area contributed by atoms with Gasteiger partial charge in [-0.05, 0) is 31.2 Å². The van der Waals surface area contributed by atoms with Crippen molar-refractivity contribution < 1.29 is 19.0 Å². The number of aromatic nitrogens is 1. The molecule has 0 saturated carbocycles. The number of nitrogens with one attached hydrogen (secondary N) is 1. The van der Waals surface area contributed by atoms with E-state index in [0.717, 1.165) is 5.56 Å². The lowest BCUT2D eigenvalue weighted by molar-refractivity contribution is 0.0528. The second kappa shape index (κ2) is 6.21. The van der Waals surface area contributed by atoms with E-state index < -0.39 is 5.97 Å². The molecular formula is C15H18N2O4. The number of hydrogen-bond acceptors (Lipinski definition) is 5. The van der Waals surface area contributed by atoms with Gasteiger partial charge in [0.05, 0.1) is 26.5 Å². The highest BCUT2D eigenvalue weighted by Gasteiger charge is 2.17. The second-order valence-electron chi connectivity index (χ2n) is 4.30. The number of methoxy groups -OCH3 is 2. The summed E-state index contributed by atoms with van der Waals surface area (Å²) in [6, 6.07) is 7.03. The van der Waals surface area contributed by atoms with Gasteiger partial charge in [-0.15, -0.1) is 0 Å². The van der Waals surface area contributed by atoms with Gasteiger partial charge < -0.3 is 24.9 Å². The maximum atomic E-state index is 11.8. The number of benzene rings is 1. The number of nitrogens with two attached hydrogens (primary N) is 1. The van der Waals surface area contributed by atoms with E-state index >= 15 is 0 Å². The molecule has 2 aromatic rings. The van der Waals surface area contributed by atoms with Crippen molar-refractivity contribution in [2.45, 2.75) is 6.92 Å². The van der Waals surface area contributed by atoms with Crippen molar-refractivity contribution in [3.8, 4) is 22.8 Å². The Hall–Kier alpha value is -2.63. The summed E-state index contributed by atoms with van der Waals surface area (Å²) in [5.41, 5.74) is 7.55. The Morgan fingerprint density at radius 1 is 1.24 bits per heavy atom. The van der Waals surface area contributed by atoms with Crippen molar-refractivity contribution in [3.63, 3.8) is 0 Å². The van der Waals surface area contributed by atoms with Crippen LogP contribution >= 0.6 is 0 Å². The first kappa shape index (κ1) is 14.8. The number of esters is 1. The topological polar surface area (TPSA) is 86.6 Å². The summed E-state index contributed by atoms with van der Waals surface area (Å²) in [6.45, 7) is 2.04. The molecule has 112 valence electrons. The van der Waals surface area contributed by atoms with Crippen LogP contribution in [0.3, 0.4) is 0 Å². The molecular weight excluding hydrogens is 272 g/mol. The molecule has 0 unspecified atom stereocenters. The van der Waals surface area contributed by atoms with E-state index in [1.54, 1.807) is 45.4 Å². The maximum absolute atomic E-state index is 11.8. The quantitative estimate of drug-likeness (QED) is 0.826. The van der Waals surface area contributed by atoms with Crippen LogP contribution in [-0.4, -0.2) is 31.8 Å². The SMILES string of the molecule is CCOC(=O)c1cc(-c2cc(OC)ccc2OC)[nH]c1N. The van der Waals surface area contributed by atoms with Crippen molar-refractivity contribution in [1.82, 2.24) is 4.98 Å². The Labute approximate surface area is 122 Å². The third-order valence-electron chi connectivity index (χ3n) is 3.04. The predicted octanol–water partition coefficient (Wildman–Crippen LogP) is 2.46. The third-order valence-corrected chi connectivity index (χ3v) is 3.04. The van der Waals surface area contributed by atoms with Gasteiger partial charge in [-0.25, -0.2) is 4.79 Å². The molecule has 0 saturated heterocycles. The Balaban J connectivity index is 2.47. The van der Waals surface area contributed by atoms with Crippen molar-refractivity contribution in [2.75, 3.05) is 26.6 Å². The molecule has 1 heterocycles. The average molecular weight is 290 g/mol. The first-order valence-electron chi connectivity index (χ1n) is 6.48. The number of anilines is 1. The molecule has 0 spiro atoms. The van der Waals surface area contributed by atoms with Crippen LogP contribution in [0.4, 0.5) is 5.82 Å². The molecule has 3 N–H and O–H groups in total. The first-order chi connectivity index (χ1) is 10.1. The van der Waals surface area contributed by atoms with Crippen molar-refractivity contribution >= 4 is 11.8 Å². The van der Waals surface area contributed by atoms with Gasteiger partial charge in [-0.3, -0.25) is 0 Å². The first-order valence-corrected chi connectivity index (χ1v) is 6.48. The normalized spacial score (nSPS) is 10.2. The smallest absolute Gasteiger partial charge is 0.341 e. The van der Waals surface area contributed by atoms with Crippen molar-refractivity contribution in [1.29, 1.82) is 0 Å². The summed E-state index contributed by atoms with van der Waals surface area (Å²) in [5.74, 6) is 1.12. The Kier molecular flexibility index (Phi) is 4.37. The number of carbonyl (C=O) groups is 1. The largest absolute Gasteiger partial charge is 0.497 e. The third kappa shape index (κ3) is 2.94. The molecule has 0 aliphatic carbocycles. The lowest BCUT2D eigenvalue weighted by Gasteiger charge is -2.09. The monoisotopic (exact) mass is 290 g/mol. The van der Waals surface area contributed by atoms with Gasteiger partial charge in [0.2, 0.25) is 0 Å². The number of nitrogen functional groups attached to an aromatic ring is 1. The van der Waals surface area contributed by atoms with E-state index in [4.69, 9.17) is 19.9 Å². The molecule has 0 radical (unpaired) electrons. The molecule has 2 rings (SSSR count). The van der Waals surface area contributed by atoms with Gasteiger partial charge in [-0.1, -0.05) is 0 Å². The summed E-state index contributed by atoms with van der Waals surface area (Å²) in [5, 5.41) is 0. The zero-order chi connectivity index (χ0) is 15.4.